The molecule has 1 N–H and O–H groups in total. The molecule has 1 aromatic heterocycles. The van der Waals surface area contributed by atoms with E-state index in [1.165, 1.54) is 24.6 Å². The van der Waals surface area contributed by atoms with Crippen LogP contribution in [0.5, 0.6) is 0 Å². The average molecular weight is 405 g/mol. The highest BCUT2D eigenvalue weighted by Gasteiger charge is 2.25. The smallest absolute Gasteiger partial charge is 0.229 e. The fourth-order valence-electron chi connectivity index (χ4n) is 3.62. The Morgan fingerprint density at radius 2 is 2.03 bits per heavy atom. The van der Waals surface area contributed by atoms with Gasteiger partial charge in [0.15, 0.2) is 0 Å². The lowest BCUT2D eigenvalue weighted by molar-refractivity contribution is 0.122. The Bertz CT molecular complexity index is 910. The molecule has 1 saturated heterocycles. The van der Waals surface area contributed by atoms with Gasteiger partial charge in [0.1, 0.15) is 5.82 Å². The first-order chi connectivity index (χ1) is 14.8. The molecule has 30 heavy (non-hydrogen) atoms. The van der Waals surface area contributed by atoms with E-state index < -0.39 is 0 Å². The summed E-state index contributed by atoms with van der Waals surface area (Å²) in [5.41, 5.74) is 3.01. The van der Waals surface area contributed by atoms with Crippen LogP contribution in [0.4, 0.5) is 23.1 Å². The van der Waals surface area contributed by atoms with E-state index in [0.29, 0.717) is 5.95 Å². The van der Waals surface area contributed by atoms with E-state index in [1.807, 2.05) is 0 Å². The number of hydrogen-bond acceptors (Lipinski definition) is 7. The number of nitrogens with one attached hydrogen (secondary N) is 1. The number of hydrogen-bond donors (Lipinski definition) is 1. The van der Waals surface area contributed by atoms with Gasteiger partial charge < -0.3 is 19.9 Å². The van der Waals surface area contributed by atoms with Crippen LogP contribution < -0.4 is 15.1 Å². The highest BCUT2D eigenvalue weighted by Crippen LogP contribution is 2.32. The van der Waals surface area contributed by atoms with Crippen LogP contribution in [0.2, 0.25) is 0 Å². The summed E-state index contributed by atoms with van der Waals surface area (Å²) in [5.74, 6) is 2.18. The number of allylic oxidation sites excluding steroid dienone is 1. The number of rotatable bonds is 8. The van der Waals surface area contributed by atoms with E-state index in [1.54, 1.807) is 12.3 Å². The van der Waals surface area contributed by atoms with Crippen LogP contribution in [0.15, 0.2) is 36.5 Å². The van der Waals surface area contributed by atoms with Gasteiger partial charge in [0.05, 0.1) is 19.3 Å². The number of benzene rings is 1. The third-order valence-corrected chi connectivity index (χ3v) is 5.49. The first-order valence-electron chi connectivity index (χ1n) is 10.6. The van der Waals surface area contributed by atoms with Crippen molar-refractivity contribution in [3.63, 3.8) is 0 Å². The molecule has 156 valence electrons. The maximum Gasteiger partial charge on any atom is 0.229 e. The van der Waals surface area contributed by atoms with Crippen molar-refractivity contribution in [3.8, 4) is 6.07 Å². The predicted octanol–water partition coefficient (Wildman–Crippen LogP) is 3.83. The van der Waals surface area contributed by atoms with E-state index in [2.05, 4.69) is 57.4 Å². The van der Waals surface area contributed by atoms with Crippen molar-refractivity contribution in [1.29, 1.82) is 5.26 Å². The molecule has 2 aliphatic rings. The molecule has 7 nitrogen and oxygen atoms in total. The summed E-state index contributed by atoms with van der Waals surface area (Å²) < 4.78 is 5.43. The standard InChI is InChI=1S/C23H28N6O/c1-2-28(17-18-5-6-18)22-19(4-3-11-24)16-25-23(27-22)26-20-7-9-21(10-8-20)29-12-14-30-15-13-29/h3-4,7-10,16,18H,2,5-6,12-15,17H2,1H3,(H,25,26,27). The van der Waals surface area contributed by atoms with E-state index >= 15 is 0 Å². The van der Waals surface area contributed by atoms with Crippen LogP contribution in [0, 0.1) is 17.2 Å². The second kappa shape index (κ2) is 9.59. The zero-order valence-electron chi connectivity index (χ0n) is 17.4. The second-order valence-corrected chi connectivity index (χ2v) is 7.69. The van der Waals surface area contributed by atoms with Crippen molar-refractivity contribution in [2.75, 3.05) is 54.5 Å². The van der Waals surface area contributed by atoms with E-state index in [9.17, 15) is 0 Å². The van der Waals surface area contributed by atoms with Crippen molar-refractivity contribution >= 4 is 29.2 Å². The molecule has 1 aliphatic carbocycles. The summed E-state index contributed by atoms with van der Waals surface area (Å²) >= 11 is 0. The molecule has 2 heterocycles. The van der Waals surface area contributed by atoms with E-state index in [-0.39, 0.29) is 0 Å². The van der Waals surface area contributed by atoms with Gasteiger partial charge in [-0.05, 0) is 56.0 Å². The van der Waals surface area contributed by atoms with Gasteiger partial charge >= 0.3 is 0 Å². The normalized spacial score (nSPS) is 16.5. The summed E-state index contributed by atoms with van der Waals surface area (Å²) in [4.78, 5) is 13.9. The quantitative estimate of drug-likeness (QED) is 0.670. The highest BCUT2D eigenvalue weighted by atomic mass is 16.5. The minimum absolute atomic E-state index is 0.562. The summed E-state index contributed by atoms with van der Waals surface area (Å²) in [7, 11) is 0. The Kier molecular flexibility index (Phi) is 6.45. The Hall–Kier alpha value is -3.11. The number of morpholine rings is 1. The van der Waals surface area contributed by atoms with Gasteiger partial charge in [0, 0.05) is 55.4 Å². The van der Waals surface area contributed by atoms with Gasteiger partial charge in [-0.1, -0.05) is 0 Å². The van der Waals surface area contributed by atoms with E-state index in [4.69, 9.17) is 15.0 Å². The molecule has 1 aliphatic heterocycles. The Labute approximate surface area is 178 Å². The maximum absolute atomic E-state index is 8.92. The number of ether oxygens (including phenoxy) is 1. The molecule has 0 spiro atoms. The lowest BCUT2D eigenvalue weighted by Crippen LogP contribution is -2.36. The second-order valence-electron chi connectivity index (χ2n) is 7.69. The van der Waals surface area contributed by atoms with Gasteiger partial charge in [-0.25, -0.2) is 4.98 Å². The summed E-state index contributed by atoms with van der Waals surface area (Å²) in [6.07, 6.45) is 7.61. The third-order valence-electron chi connectivity index (χ3n) is 5.49. The average Bonchev–Trinajstić information content (AvgIpc) is 3.62. The lowest BCUT2D eigenvalue weighted by Gasteiger charge is -2.29. The van der Waals surface area contributed by atoms with Crippen LogP contribution in [0.3, 0.4) is 0 Å². The fraction of sp³-hybridized carbons (Fsp3) is 0.435. The highest BCUT2D eigenvalue weighted by molar-refractivity contribution is 5.67. The Balaban J connectivity index is 1.52. The van der Waals surface area contributed by atoms with Crippen molar-refractivity contribution < 1.29 is 4.74 Å². The first kappa shape index (κ1) is 20.2. The van der Waals surface area contributed by atoms with E-state index in [0.717, 1.165) is 62.4 Å². The number of nitrogens with zero attached hydrogens (tertiary/aromatic N) is 5. The molecule has 0 unspecified atom stereocenters. The molecule has 0 bridgehead atoms. The van der Waals surface area contributed by atoms with Crippen molar-refractivity contribution in [1.82, 2.24) is 9.97 Å². The SMILES string of the molecule is CCN(CC1CC1)c1nc(Nc2ccc(N3CCOCC3)cc2)ncc1C=CC#N. The maximum atomic E-state index is 8.92. The summed E-state index contributed by atoms with van der Waals surface area (Å²) in [6, 6.07) is 10.4. The van der Waals surface area contributed by atoms with Crippen LogP contribution in [0.25, 0.3) is 6.08 Å². The number of aromatic nitrogens is 2. The van der Waals surface area contributed by atoms with Crippen LogP contribution in [-0.4, -0.2) is 49.4 Å². The largest absolute Gasteiger partial charge is 0.378 e. The zero-order valence-corrected chi connectivity index (χ0v) is 17.4. The Morgan fingerprint density at radius 3 is 2.70 bits per heavy atom. The molecule has 7 heteroatoms. The lowest BCUT2D eigenvalue weighted by atomic mass is 10.2. The molecule has 1 saturated carbocycles. The van der Waals surface area contributed by atoms with Gasteiger partial charge in [0.2, 0.25) is 5.95 Å². The Morgan fingerprint density at radius 1 is 1.27 bits per heavy atom. The van der Waals surface area contributed by atoms with Crippen molar-refractivity contribution in [2.45, 2.75) is 19.8 Å². The molecular formula is C23H28N6O. The molecule has 4 rings (SSSR count). The monoisotopic (exact) mass is 404 g/mol. The first-order valence-corrected chi connectivity index (χ1v) is 10.6. The topological polar surface area (TPSA) is 77.3 Å². The van der Waals surface area contributed by atoms with Crippen molar-refractivity contribution in [3.05, 3.63) is 42.1 Å². The van der Waals surface area contributed by atoms with Gasteiger partial charge in [0.25, 0.3) is 0 Å². The van der Waals surface area contributed by atoms with Gasteiger partial charge in [-0.15, -0.1) is 0 Å². The molecule has 0 radical (unpaired) electrons. The third kappa shape index (κ3) is 5.08. The number of nitriles is 1. The predicted molar refractivity (Wildman–Crippen MR) is 120 cm³/mol. The van der Waals surface area contributed by atoms with Crippen molar-refractivity contribution in [2.24, 2.45) is 5.92 Å². The summed E-state index contributed by atoms with van der Waals surface area (Å²) in [5, 5.41) is 12.2. The van der Waals surface area contributed by atoms with Gasteiger partial charge in [-0.3, -0.25) is 0 Å². The minimum atomic E-state index is 0.562. The number of anilines is 4. The zero-order chi connectivity index (χ0) is 20.8. The summed E-state index contributed by atoms with van der Waals surface area (Å²) in [6.45, 7) is 7.40. The van der Waals surface area contributed by atoms with Crippen LogP contribution in [-0.2, 0) is 4.74 Å². The van der Waals surface area contributed by atoms with Crippen LogP contribution in [0.1, 0.15) is 25.3 Å². The minimum Gasteiger partial charge on any atom is -0.378 e. The molecule has 1 aromatic carbocycles. The van der Waals surface area contributed by atoms with Crippen LogP contribution >= 0.6 is 0 Å². The molecule has 2 fully saturated rings. The molecule has 2 aromatic rings. The van der Waals surface area contributed by atoms with Gasteiger partial charge in [-0.2, -0.15) is 10.2 Å². The fourth-order valence-corrected chi connectivity index (χ4v) is 3.62. The molecule has 0 amide bonds. The molecule has 0 atom stereocenters. The molecular weight excluding hydrogens is 376 g/mol.